The maximum absolute atomic E-state index is 9.31. The third kappa shape index (κ3) is 4.62. The van der Waals surface area contributed by atoms with Crippen LogP contribution in [0.5, 0.6) is 0 Å². The van der Waals surface area contributed by atoms with E-state index in [0.29, 0.717) is 35.8 Å². The number of halogens is 1. The van der Waals surface area contributed by atoms with E-state index in [-0.39, 0.29) is 6.61 Å². The normalized spacial score (nSPS) is 15.6. The lowest BCUT2D eigenvalue weighted by Gasteiger charge is -2.34. The molecule has 8 heteroatoms. The minimum atomic E-state index is 0.264. The highest BCUT2D eigenvalue weighted by Gasteiger charge is 2.21. The Labute approximate surface area is 151 Å². The van der Waals surface area contributed by atoms with Crippen LogP contribution in [-0.2, 0) is 17.9 Å². The molecule has 25 heavy (non-hydrogen) atoms. The Bertz CT molecular complexity index is 686. The van der Waals surface area contributed by atoms with Crippen LogP contribution in [0.2, 0.25) is 5.02 Å². The van der Waals surface area contributed by atoms with Gasteiger partial charge in [0.05, 0.1) is 17.9 Å². The second kappa shape index (κ2) is 8.51. The van der Waals surface area contributed by atoms with Crippen LogP contribution >= 0.6 is 11.6 Å². The number of rotatable bonds is 7. The molecule has 3 rings (SSSR count). The Hall–Kier alpha value is -1.83. The molecule has 2 N–H and O–H groups in total. The van der Waals surface area contributed by atoms with Crippen molar-refractivity contribution < 1.29 is 14.4 Å². The van der Waals surface area contributed by atoms with Crippen molar-refractivity contribution in [2.75, 3.05) is 37.0 Å². The molecule has 0 bridgehead atoms. The molecule has 0 spiro atoms. The molecule has 1 aromatic carbocycles. The Morgan fingerprint density at radius 3 is 2.92 bits per heavy atom. The van der Waals surface area contributed by atoms with E-state index in [1.54, 1.807) is 7.11 Å². The number of aliphatic hydroxyl groups excluding tert-OH is 1. The average Bonchev–Trinajstić information content (AvgIpc) is 3.08. The van der Waals surface area contributed by atoms with Gasteiger partial charge in [0.2, 0.25) is 5.89 Å². The van der Waals surface area contributed by atoms with E-state index in [1.165, 1.54) is 0 Å². The lowest BCUT2D eigenvalue weighted by atomic mass is 9.97. The van der Waals surface area contributed by atoms with Crippen molar-refractivity contribution in [3.8, 4) is 0 Å². The number of aliphatic hydroxyl groups is 1. The molecular formula is C17H23ClN4O3. The number of nitrogens with one attached hydrogen (secondary N) is 1. The molecule has 0 unspecified atom stereocenters. The quantitative estimate of drug-likeness (QED) is 0.779. The number of nitrogens with zero attached hydrogens (tertiary/aromatic N) is 3. The molecule has 2 heterocycles. The van der Waals surface area contributed by atoms with Gasteiger partial charge in [0.25, 0.3) is 0 Å². The van der Waals surface area contributed by atoms with Crippen molar-refractivity contribution in [2.24, 2.45) is 5.92 Å². The van der Waals surface area contributed by atoms with Gasteiger partial charge in [-0.2, -0.15) is 4.98 Å². The van der Waals surface area contributed by atoms with Gasteiger partial charge < -0.3 is 24.6 Å². The first-order valence-electron chi connectivity index (χ1n) is 8.39. The summed E-state index contributed by atoms with van der Waals surface area (Å²) >= 11 is 6.17. The summed E-state index contributed by atoms with van der Waals surface area (Å²) in [5, 5.41) is 17.2. The molecule has 2 aromatic rings. The van der Waals surface area contributed by atoms with Crippen LogP contribution in [0, 0.1) is 5.92 Å². The number of aromatic nitrogens is 2. The number of benzene rings is 1. The van der Waals surface area contributed by atoms with Gasteiger partial charge in [0.1, 0.15) is 6.61 Å². The van der Waals surface area contributed by atoms with Gasteiger partial charge in [-0.05, 0) is 37.0 Å². The smallest absolute Gasteiger partial charge is 0.246 e. The molecule has 0 atom stereocenters. The molecule has 1 saturated heterocycles. The number of ether oxygens (including phenoxy) is 1. The Morgan fingerprint density at radius 1 is 1.40 bits per heavy atom. The first kappa shape index (κ1) is 18.0. The summed E-state index contributed by atoms with van der Waals surface area (Å²) in [4.78, 5) is 6.58. The molecule has 7 nitrogen and oxygen atoms in total. The van der Waals surface area contributed by atoms with Crippen molar-refractivity contribution in [3.05, 3.63) is 34.9 Å². The number of hydrogen-bond donors (Lipinski definition) is 2. The van der Waals surface area contributed by atoms with Crippen LogP contribution in [0.4, 0.5) is 11.4 Å². The predicted octanol–water partition coefficient (Wildman–Crippen LogP) is 2.69. The molecule has 1 aliphatic rings. The van der Waals surface area contributed by atoms with E-state index in [9.17, 15) is 5.11 Å². The minimum Gasteiger partial charge on any atom is -0.396 e. The van der Waals surface area contributed by atoms with E-state index < -0.39 is 0 Å². The summed E-state index contributed by atoms with van der Waals surface area (Å²) in [6.07, 6.45) is 1.98. The van der Waals surface area contributed by atoms with Gasteiger partial charge in [0, 0.05) is 31.8 Å². The number of piperidine rings is 1. The first-order valence-corrected chi connectivity index (χ1v) is 8.77. The summed E-state index contributed by atoms with van der Waals surface area (Å²) in [5.41, 5.74) is 2.03. The second-order valence-corrected chi connectivity index (χ2v) is 6.60. The van der Waals surface area contributed by atoms with E-state index in [2.05, 4.69) is 20.4 Å². The molecule has 1 aliphatic heterocycles. The predicted molar refractivity (Wildman–Crippen MR) is 95.8 cm³/mol. The molecule has 0 saturated carbocycles. The van der Waals surface area contributed by atoms with Crippen molar-refractivity contribution in [2.45, 2.75) is 26.0 Å². The fourth-order valence-electron chi connectivity index (χ4n) is 3.00. The maximum atomic E-state index is 9.31. The molecular weight excluding hydrogens is 344 g/mol. The fraction of sp³-hybridized carbons (Fsp3) is 0.529. The van der Waals surface area contributed by atoms with Crippen molar-refractivity contribution in [1.29, 1.82) is 0 Å². The SMILES string of the molecule is COCc1noc(CNc2cc(Cl)ccc2N2CCC(CO)CC2)n1. The molecule has 1 aromatic heterocycles. The van der Waals surface area contributed by atoms with E-state index in [1.807, 2.05) is 18.2 Å². The van der Waals surface area contributed by atoms with Crippen molar-refractivity contribution in [3.63, 3.8) is 0 Å². The lowest BCUT2D eigenvalue weighted by Crippen LogP contribution is -2.35. The number of hydrogen-bond acceptors (Lipinski definition) is 7. The third-order valence-corrected chi connectivity index (χ3v) is 4.62. The first-order chi connectivity index (χ1) is 12.2. The summed E-state index contributed by atoms with van der Waals surface area (Å²) in [6, 6.07) is 5.82. The number of anilines is 2. The summed E-state index contributed by atoms with van der Waals surface area (Å²) in [6.45, 7) is 2.84. The van der Waals surface area contributed by atoms with Crippen LogP contribution in [0.1, 0.15) is 24.6 Å². The minimum absolute atomic E-state index is 0.264. The third-order valence-electron chi connectivity index (χ3n) is 4.39. The van der Waals surface area contributed by atoms with Crippen molar-refractivity contribution >= 4 is 23.0 Å². The summed E-state index contributed by atoms with van der Waals surface area (Å²) in [7, 11) is 1.59. The zero-order valence-corrected chi connectivity index (χ0v) is 15.0. The standard InChI is InChI=1S/C17H23ClN4O3/c1-24-11-16-20-17(25-21-16)9-19-14-8-13(18)2-3-15(14)22-6-4-12(10-23)5-7-22/h2-3,8,12,19,23H,4-7,9-11H2,1H3. The Kier molecular flexibility index (Phi) is 6.12. The Morgan fingerprint density at radius 2 is 2.20 bits per heavy atom. The lowest BCUT2D eigenvalue weighted by molar-refractivity contribution is 0.174. The van der Waals surface area contributed by atoms with Gasteiger partial charge in [0.15, 0.2) is 5.82 Å². The largest absolute Gasteiger partial charge is 0.396 e. The van der Waals surface area contributed by atoms with E-state index >= 15 is 0 Å². The average molecular weight is 367 g/mol. The molecule has 136 valence electrons. The van der Waals surface area contributed by atoms with Crippen LogP contribution in [0.3, 0.4) is 0 Å². The molecule has 0 radical (unpaired) electrons. The number of methoxy groups -OCH3 is 1. The topological polar surface area (TPSA) is 83.7 Å². The highest BCUT2D eigenvalue weighted by molar-refractivity contribution is 6.31. The van der Waals surface area contributed by atoms with Crippen molar-refractivity contribution in [1.82, 2.24) is 10.1 Å². The monoisotopic (exact) mass is 366 g/mol. The Balaban J connectivity index is 1.68. The van der Waals surface area contributed by atoms with Gasteiger partial charge >= 0.3 is 0 Å². The van der Waals surface area contributed by atoms with Crippen LogP contribution in [-0.4, -0.2) is 42.1 Å². The van der Waals surface area contributed by atoms with Gasteiger partial charge in [-0.3, -0.25) is 0 Å². The molecule has 0 aliphatic carbocycles. The molecule has 1 fully saturated rings. The zero-order valence-electron chi connectivity index (χ0n) is 14.2. The zero-order chi connectivity index (χ0) is 17.6. The van der Waals surface area contributed by atoms with Gasteiger partial charge in [-0.25, -0.2) is 0 Å². The van der Waals surface area contributed by atoms with E-state index in [4.69, 9.17) is 20.9 Å². The fourth-order valence-corrected chi connectivity index (χ4v) is 3.17. The van der Waals surface area contributed by atoms with Crippen LogP contribution in [0.25, 0.3) is 0 Å². The highest BCUT2D eigenvalue weighted by atomic mass is 35.5. The second-order valence-electron chi connectivity index (χ2n) is 6.17. The summed E-state index contributed by atoms with van der Waals surface area (Å²) < 4.78 is 10.2. The van der Waals surface area contributed by atoms with Gasteiger partial charge in [-0.1, -0.05) is 16.8 Å². The highest BCUT2D eigenvalue weighted by Crippen LogP contribution is 2.32. The maximum Gasteiger partial charge on any atom is 0.246 e. The van der Waals surface area contributed by atoms with Gasteiger partial charge in [-0.15, -0.1) is 0 Å². The van der Waals surface area contributed by atoms with Crippen LogP contribution < -0.4 is 10.2 Å². The van der Waals surface area contributed by atoms with E-state index in [0.717, 1.165) is 37.3 Å². The van der Waals surface area contributed by atoms with Crippen LogP contribution in [0.15, 0.2) is 22.7 Å². The molecule has 0 amide bonds. The summed E-state index contributed by atoms with van der Waals surface area (Å²) in [5.74, 6) is 1.42.